The Kier molecular flexibility index (Phi) is 6.96. The Morgan fingerprint density at radius 3 is 2.28 bits per heavy atom. The van der Waals surface area contributed by atoms with Crippen molar-refractivity contribution < 1.29 is 19.0 Å². The van der Waals surface area contributed by atoms with Crippen molar-refractivity contribution >= 4 is 17.7 Å². The van der Waals surface area contributed by atoms with E-state index in [1.54, 1.807) is 45.2 Å². The monoisotopic (exact) mass is 414 g/mol. The Bertz CT molecular complexity index is 921. The minimum Gasteiger partial charge on any atom is -0.493 e. The van der Waals surface area contributed by atoms with E-state index in [0.29, 0.717) is 29.4 Å². The largest absolute Gasteiger partial charge is 0.493 e. The highest BCUT2D eigenvalue weighted by Gasteiger charge is 2.14. The maximum absolute atomic E-state index is 12.5. The van der Waals surface area contributed by atoms with Gasteiger partial charge in [-0.05, 0) is 35.4 Å². The third kappa shape index (κ3) is 5.20. The summed E-state index contributed by atoms with van der Waals surface area (Å²) in [5, 5.41) is 10.3. The highest BCUT2D eigenvalue weighted by Crippen LogP contribution is 2.38. The first-order valence-electron chi connectivity index (χ1n) is 8.78. The number of thioether (sulfide) groups is 1. The van der Waals surface area contributed by atoms with Crippen LogP contribution in [0.15, 0.2) is 47.9 Å². The van der Waals surface area contributed by atoms with Gasteiger partial charge in [-0.3, -0.25) is 9.89 Å². The van der Waals surface area contributed by atoms with Gasteiger partial charge in [-0.1, -0.05) is 23.9 Å². The summed E-state index contributed by atoms with van der Waals surface area (Å²) in [5.41, 5.74) is 2.52. The lowest BCUT2D eigenvalue weighted by molar-refractivity contribution is 0.0951. The van der Waals surface area contributed by atoms with Gasteiger partial charge in [0.15, 0.2) is 16.7 Å². The second-order valence-electron chi connectivity index (χ2n) is 5.99. The summed E-state index contributed by atoms with van der Waals surface area (Å²) in [5.74, 6) is 2.19. The van der Waals surface area contributed by atoms with Gasteiger partial charge in [-0.15, -0.1) is 0 Å². The molecule has 0 spiro atoms. The molecule has 0 unspecified atom stereocenters. The molecule has 1 amide bonds. The normalized spacial score (nSPS) is 10.4. The number of methoxy groups -OCH3 is 3. The molecule has 29 heavy (non-hydrogen) atoms. The minimum absolute atomic E-state index is 0.159. The molecule has 8 nitrogen and oxygen atoms in total. The van der Waals surface area contributed by atoms with Gasteiger partial charge in [0.1, 0.15) is 6.33 Å². The lowest BCUT2D eigenvalue weighted by Crippen LogP contribution is -2.22. The molecule has 2 aromatic carbocycles. The molecular weight excluding hydrogens is 392 g/mol. The van der Waals surface area contributed by atoms with Gasteiger partial charge >= 0.3 is 0 Å². The SMILES string of the molecule is COc1cc(CNC(=O)c2ccc(CSc3ncn[nH]3)cc2)cc(OC)c1OC. The molecule has 2 N–H and O–H groups in total. The number of carbonyl (C=O) groups excluding carboxylic acids is 1. The van der Waals surface area contributed by atoms with Crippen LogP contribution in [0.3, 0.4) is 0 Å². The average Bonchev–Trinajstić information content (AvgIpc) is 3.29. The number of hydrogen-bond donors (Lipinski definition) is 2. The van der Waals surface area contributed by atoms with E-state index < -0.39 is 0 Å². The van der Waals surface area contributed by atoms with Crippen LogP contribution in [0, 0.1) is 0 Å². The lowest BCUT2D eigenvalue weighted by Gasteiger charge is -2.14. The summed E-state index contributed by atoms with van der Waals surface area (Å²) in [6.07, 6.45) is 1.48. The maximum Gasteiger partial charge on any atom is 0.251 e. The Hall–Kier alpha value is -3.20. The first-order valence-corrected chi connectivity index (χ1v) is 9.77. The van der Waals surface area contributed by atoms with Crippen molar-refractivity contribution in [2.45, 2.75) is 17.5 Å². The van der Waals surface area contributed by atoms with E-state index >= 15 is 0 Å². The number of carbonyl (C=O) groups is 1. The van der Waals surface area contributed by atoms with Crippen LogP contribution >= 0.6 is 11.8 Å². The zero-order valence-corrected chi connectivity index (χ0v) is 17.2. The number of H-pyrrole nitrogens is 1. The zero-order valence-electron chi connectivity index (χ0n) is 16.4. The number of nitrogens with zero attached hydrogens (tertiary/aromatic N) is 2. The van der Waals surface area contributed by atoms with E-state index in [-0.39, 0.29) is 5.91 Å². The number of ether oxygens (including phenoxy) is 3. The van der Waals surface area contributed by atoms with E-state index in [0.717, 1.165) is 22.0 Å². The topological polar surface area (TPSA) is 98.4 Å². The number of hydrogen-bond acceptors (Lipinski definition) is 7. The molecule has 3 rings (SSSR count). The Morgan fingerprint density at radius 2 is 1.72 bits per heavy atom. The molecule has 0 aliphatic heterocycles. The second kappa shape index (κ2) is 9.83. The lowest BCUT2D eigenvalue weighted by atomic mass is 10.1. The van der Waals surface area contributed by atoms with E-state index in [4.69, 9.17) is 14.2 Å². The van der Waals surface area contributed by atoms with Crippen LogP contribution in [-0.4, -0.2) is 42.4 Å². The number of nitrogens with one attached hydrogen (secondary N) is 2. The number of rotatable bonds is 9. The standard InChI is InChI=1S/C20H22N4O4S/c1-26-16-8-14(9-17(27-2)18(16)28-3)10-21-19(25)15-6-4-13(5-7-15)11-29-20-22-12-23-24-20/h4-9,12H,10-11H2,1-3H3,(H,21,25)(H,22,23,24). The van der Waals surface area contributed by atoms with E-state index in [9.17, 15) is 4.79 Å². The molecule has 0 saturated heterocycles. The number of benzene rings is 2. The molecule has 3 aromatic rings. The molecule has 0 aliphatic rings. The zero-order chi connectivity index (χ0) is 20.6. The molecule has 0 atom stereocenters. The summed E-state index contributed by atoms with van der Waals surface area (Å²) >= 11 is 1.55. The Labute approximate surface area is 173 Å². The fraction of sp³-hybridized carbons (Fsp3) is 0.250. The Morgan fingerprint density at radius 1 is 1.03 bits per heavy atom. The van der Waals surface area contributed by atoms with Crippen molar-refractivity contribution in [1.29, 1.82) is 0 Å². The molecular formula is C20H22N4O4S. The van der Waals surface area contributed by atoms with Gasteiger partial charge in [0.05, 0.1) is 21.3 Å². The fourth-order valence-electron chi connectivity index (χ4n) is 2.69. The van der Waals surface area contributed by atoms with Gasteiger partial charge in [0.2, 0.25) is 5.75 Å². The first kappa shape index (κ1) is 20.5. The number of aromatic amines is 1. The van der Waals surface area contributed by atoms with Crippen molar-refractivity contribution in [2.24, 2.45) is 0 Å². The molecule has 0 aliphatic carbocycles. The van der Waals surface area contributed by atoms with Gasteiger partial charge < -0.3 is 19.5 Å². The molecule has 152 valence electrons. The second-order valence-corrected chi connectivity index (χ2v) is 6.96. The molecule has 0 radical (unpaired) electrons. The van der Waals surface area contributed by atoms with Crippen LogP contribution in [0.25, 0.3) is 0 Å². The van der Waals surface area contributed by atoms with Gasteiger partial charge in [0, 0.05) is 17.9 Å². The van der Waals surface area contributed by atoms with E-state index in [1.165, 1.54) is 6.33 Å². The molecule has 0 bridgehead atoms. The summed E-state index contributed by atoms with van der Waals surface area (Å²) in [4.78, 5) is 16.6. The quantitative estimate of drug-likeness (QED) is 0.519. The van der Waals surface area contributed by atoms with Crippen LogP contribution in [-0.2, 0) is 12.3 Å². The molecule has 0 fully saturated rings. The highest BCUT2D eigenvalue weighted by molar-refractivity contribution is 7.98. The van der Waals surface area contributed by atoms with Crippen molar-refractivity contribution in [2.75, 3.05) is 21.3 Å². The third-order valence-corrected chi connectivity index (χ3v) is 5.11. The van der Waals surface area contributed by atoms with Crippen LogP contribution < -0.4 is 19.5 Å². The third-order valence-electron chi connectivity index (χ3n) is 4.16. The number of aromatic nitrogens is 3. The van der Waals surface area contributed by atoms with Gasteiger partial charge in [-0.25, -0.2) is 4.98 Å². The van der Waals surface area contributed by atoms with E-state index in [1.807, 2.05) is 24.3 Å². The summed E-state index contributed by atoms with van der Waals surface area (Å²) in [6, 6.07) is 11.1. The van der Waals surface area contributed by atoms with Crippen LogP contribution in [0.2, 0.25) is 0 Å². The first-order chi connectivity index (χ1) is 14.1. The predicted octanol–water partition coefficient (Wildman–Crippen LogP) is 3.05. The van der Waals surface area contributed by atoms with Crippen LogP contribution in [0.4, 0.5) is 0 Å². The van der Waals surface area contributed by atoms with Crippen molar-refractivity contribution in [1.82, 2.24) is 20.5 Å². The Balaban J connectivity index is 1.60. The predicted molar refractivity (Wildman–Crippen MR) is 110 cm³/mol. The fourth-order valence-corrected chi connectivity index (χ4v) is 3.42. The number of amides is 1. The van der Waals surface area contributed by atoms with Crippen LogP contribution in [0.1, 0.15) is 21.5 Å². The van der Waals surface area contributed by atoms with Crippen molar-refractivity contribution in [3.05, 3.63) is 59.4 Å². The van der Waals surface area contributed by atoms with E-state index in [2.05, 4.69) is 20.5 Å². The molecule has 0 saturated carbocycles. The average molecular weight is 414 g/mol. The van der Waals surface area contributed by atoms with Gasteiger partial charge in [0.25, 0.3) is 5.91 Å². The minimum atomic E-state index is -0.159. The molecule has 1 heterocycles. The maximum atomic E-state index is 12.5. The smallest absolute Gasteiger partial charge is 0.251 e. The summed E-state index contributed by atoms with van der Waals surface area (Å²) in [7, 11) is 4.67. The highest BCUT2D eigenvalue weighted by atomic mass is 32.2. The van der Waals surface area contributed by atoms with Crippen molar-refractivity contribution in [3.63, 3.8) is 0 Å². The summed E-state index contributed by atoms with van der Waals surface area (Å²) < 4.78 is 16.0. The van der Waals surface area contributed by atoms with Gasteiger partial charge in [-0.2, -0.15) is 5.10 Å². The summed E-state index contributed by atoms with van der Waals surface area (Å²) in [6.45, 7) is 0.332. The molecule has 9 heteroatoms. The molecule has 1 aromatic heterocycles. The van der Waals surface area contributed by atoms with Crippen LogP contribution in [0.5, 0.6) is 17.2 Å². The van der Waals surface area contributed by atoms with Crippen molar-refractivity contribution in [3.8, 4) is 17.2 Å².